The maximum absolute atomic E-state index is 12.2. The van der Waals surface area contributed by atoms with Crippen molar-refractivity contribution in [3.8, 4) is 5.75 Å². The van der Waals surface area contributed by atoms with E-state index in [9.17, 15) is 8.42 Å². The van der Waals surface area contributed by atoms with E-state index in [1.165, 1.54) is 0 Å². The molecule has 0 spiro atoms. The molecule has 4 heteroatoms. The quantitative estimate of drug-likeness (QED) is 0.590. The minimum atomic E-state index is -3.78. The van der Waals surface area contributed by atoms with Gasteiger partial charge in [-0.3, -0.25) is 0 Å². The van der Waals surface area contributed by atoms with Crippen LogP contribution in [0, 0.1) is 6.92 Å². The summed E-state index contributed by atoms with van der Waals surface area (Å²) in [6.45, 7) is 3.90. The third kappa shape index (κ3) is 4.46. The summed E-state index contributed by atoms with van der Waals surface area (Å²) in [6.07, 6.45) is 6.02. The minimum absolute atomic E-state index is 0.162. The molecule has 0 unspecified atom stereocenters. The van der Waals surface area contributed by atoms with Gasteiger partial charge >= 0.3 is 10.1 Å². The molecule has 0 saturated carbocycles. The normalized spacial score (nSPS) is 11.7. The summed E-state index contributed by atoms with van der Waals surface area (Å²) in [5.41, 5.74) is 2.16. The highest BCUT2D eigenvalue weighted by Gasteiger charge is 2.16. The van der Waals surface area contributed by atoms with Crippen LogP contribution in [-0.4, -0.2) is 8.42 Å². The first-order chi connectivity index (χ1) is 10.5. The van der Waals surface area contributed by atoms with E-state index < -0.39 is 10.1 Å². The summed E-state index contributed by atoms with van der Waals surface area (Å²) in [7, 11) is -3.78. The predicted octanol–water partition coefficient (Wildman–Crippen LogP) is 4.27. The number of aryl methyl sites for hydroxylation is 2. The molecule has 2 aromatic rings. The summed E-state index contributed by atoms with van der Waals surface area (Å²) in [5.74, 6) is 0.329. The summed E-state index contributed by atoms with van der Waals surface area (Å²) in [6, 6.07) is 13.8. The maximum atomic E-state index is 12.2. The van der Waals surface area contributed by atoms with Crippen molar-refractivity contribution in [2.24, 2.45) is 0 Å². The first-order valence-corrected chi connectivity index (χ1v) is 8.63. The van der Waals surface area contributed by atoms with Crippen molar-refractivity contribution >= 4 is 10.1 Å². The molecule has 0 heterocycles. The smallest absolute Gasteiger partial charge is 0.339 e. The van der Waals surface area contributed by atoms with Crippen molar-refractivity contribution in [2.45, 2.75) is 31.6 Å². The highest BCUT2D eigenvalue weighted by atomic mass is 32.2. The van der Waals surface area contributed by atoms with Crippen LogP contribution >= 0.6 is 0 Å². The van der Waals surface area contributed by atoms with Gasteiger partial charge in [0, 0.05) is 0 Å². The lowest BCUT2D eigenvalue weighted by molar-refractivity contribution is 0.486. The Bertz CT molecular complexity index is 727. The summed E-state index contributed by atoms with van der Waals surface area (Å²) in [4.78, 5) is 0.162. The molecule has 116 valence electrons. The van der Waals surface area contributed by atoms with Crippen LogP contribution in [0.4, 0.5) is 0 Å². The lowest BCUT2D eigenvalue weighted by Gasteiger charge is -2.08. The number of allylic oxidation sites excluding steroid dienone is 2. The Balaban J connectivity index is 2.08. The molecule has 0 radical (unpaired) electrons. The van der Waals surface area contributed by atoms with E-state index in [1.807, 2.05) is 32.1 Å². The zero-order valence-corrected chi connectivity index (χ0v) is 13.6. The van der Waals surface area contributed by atoms with Gasteiger partial charge in [-0.05, 0) is 56.5 Å². The number of rotatable bonds is 6. The van der Waals surface area contributed by atoms with Gasteiger partial charge in [-0.25, -0.2) is 0 Å². The molecule has 0 amide bonds. The van der Waals surface area contributed by atoms with Gasteiger partial charge in [0.2, 0.25) is 0 Å². The topological polar surface area (TPSA) is 43.4 Å². The summed E-state index contributed by atoms with van der Waals surface area (Å²) < 4.78 is 29.5. The molecule has 0 atom stereocenters. The van der Waals surface area contributed by atoms with E-state index in [2.05, 4.69) is 6.08 Å². The summed E-state index contributed by atoms with van der Waals surface area (Å²) >= 11 is 0. The summed E-state index contributed by atoms with van der Waals surface area (Å²) in [5, 5.41) is 0. The van der Waals surface area contributed by atoms with Crippen LogP contribution in [0.25, 0.3) is 0 Å². The molecule has 0 fully saturated rings. The number of hydrogen-bond donors (Lipinski definition) is 0. The molecule has 0 aliphatic heterocycles. The Morgan fingerprint density at radius 3 is 2.23 bits per heavy atom. The van der Waals surface area contributed by atoms with Crippen LogP contribution in [-0.2, 0) is 16.5 Å². The Kier molecular flexibility index (Phi) is 5.39. The van der Waals surface area contributed by atoms with Crippen molar-refractivity contribution < 1.29 is 12.6 Å². The largest absolute Gasteiger partial charge is 0.379 e. The third-order valence-corrected chi connectivity index (χ3v) is 4.54. The molecule has 3 nitrogen and oxygen atoms in total. The highest BCUT2D eigenvalue weighted by molar-refractivity contribution is 7.87. The zero-order chi connectivity index (χ0) is 16.0. The fourth-order valence-corrected chi connectivity index (χ4v) is 2.94. The van der Waals surface area contributed by atoms with Gasteiger partial charge in [0.05, 0.1) is 0 Å². The van der Waals surface area contributed by atoms with Crippen LogP contribution in [0.5, 0.6) is 5.75 Å². The van der Waals surface area contributed by atoms with Gasteiger partial charge in [0.15, 0.2) is 0 Å². The maximum Gasteiger partial charge on any atom is 0.339 e. The van der Waals surface area contributed by atoms with Crippen molar-refractivity contribution in [2.75, 3.05) is 0 Å². The van der Waals surface area contributed by atoms with E-state index in [1.54, 1.807) is 36.4 Å². The van der Waals surface area contributed by atoms with Crippen LogP contribution in [0.2, 0.25) is 0 Å². The molecular formula is C18H20O3S. The van der Waals surface area contributed by atoms with E-state index in [0.29, 0.717) is 5.75 Å². The second-order valence-corrected chi connectivity index (χ2v) is 6.65. The van der Waals surface area contributed by atoms with Gasteiger partial charge < -0.3 is 4.18 Å². The molecule has 0 aliphatic rings. The van der Waals surface area contributed by atoms with Crippen LogP contribution in [0.3, 0.4) is 0 Å². The molecule has 0 bridgehead atoms. The van der Waals surface area contributed by atoms with Crippen LogP contribution < -0.4 is 4.18 Å². The van der Waals surface area contributed by atoms with Crippen molar-refractivity contribution in [1.82, 2.24) is 0 Å². The van der Waals surface area contributed by atoms with Gasteiger partial charge in [-0.1, -0.05) is 42.0 Å². The second-order valence-electron chi connectivity index (χ2n) is 5.10. The number of benzene rings is 2. The van der Waals surface area contributed by atoms with Crippen molar-refractivity contribution in [3.05, 3.63) is 71.8 Å². The van der Waals surface area contributed by atoms with E-state index >= 15 is 0 Å². The van der Waals surface area contributed by atoms with E-state index in [0.717, 1.165) is 24.0 Å². The molecule has 22 heavy (non-hydrogen) atoms. The molecule has 0 saturated heterocycles. The Morgan fingerprint density at radius 1 is 1.00 bits per heavy atom. The van der Waals surface area contributed by atoms with E-state index in [-0.39, 0.29) is 4.90 Å². The molecule has 2 rings (SSSR count). The molecule has 2 aromatic carbocycles. The average molecular weight is 316 g/mol. The monoisotopic (exact) mass is 316 g/mol. The average Bonchev–Trinajstić information content (AvgIpc) is 2.49. The van der Waals surface area contributed by atoms with Gasteiger partial charge in [0.25, 0.3) is 0 Å². The Labute approximate surface area is 132 Å². The first kappa shape index (κ1) is 16.3. The van der Waals surface area contributed by atoms with Gasteiger partial charge in [0.1, 0.15) is 10.6 Å². The lowest BCUT2D eigenvalue weighted by atomic mass is 10.1. The van der Waals surface area contributed by atoms with Crippen molar-refractivity contribution in [3.63, 3.8) is 0 Å². The highest BCUT2D eigenvalue weighted by Crippen LogP contribution is 2.20. The van der Waals surface area contributed by atoms with Gasteiger partial charge in [-0.2, -0.15) is 8.42 Å². The fraction of sp³-hybridized carbons (Fsp3) is 0.222. The first-order valence-electron chi connectivity index (χ1n) is 7.22. The molecule has 0 aliphatic carbocycles. The molecular weight excluding hydrogens is 296 g/mol. The standard InChI is InChI=1S/C18H20O3S/c1-3-4-5-6-16-9-11-17(12-10-16)21-22(19,20)18-13-7-15(2)8-14-18/h3-4,7-14H,5-6H2,1-2H3/b4-3+. The Morgan fingerprint density at radius 2 is 1.64 bits per heavy atom. The number of hydrogen-bond acceptors (Lipinski definition) is 3. The fourth-order valence-electron chi connectivity index (χ4n) is 2.01. The molecule has 0 N–H and O–H groups in total. The second kappa shape index (κ2) is 7.27. The predicted molar refractivity (Wildman–Crippen MR) is 88.6 cm³/mol. The minimum Gasteiger partial charge on any atom is -0.379 e. The SMILES string of the molecule is C/C=C/CCc1ccc(OS(=O)(=O)c2ccc(C)cc2)cc1. The third-order valence-electron chi connectivity index (χ3n) is 3.27. The zero-order valence-electron chi connectivity index (χ0n) is 12.8. The van der Waals surface area contributed by atoms with Crippen molar-refractivity contribution in [1.29, 1.82) is 0 Å². The molecule has 0 aromatic heterocycles. The van der Waals surface area contributed by atoms with Crippen LogP contribution in [0.15, 0.2) is 65.6 Å². The van der Waals surface area contributed by atoms with E-state index in [4.69, 9.17) is 4.18 Å². The lowest BCUT2D eigenvalue weighted by Crippen LogP contribution is -2.09. The van der Waals surface area contributed by atoms with Crippen LogP contribution in [0.1, 0.15) is 24.5 Å². The van der Waals surface area contributed by atoms with Gasteiger partial charge in [-0.15, -0.1) is 0 Å². The Hall–Kier alpha value is -2.07.